The third kappa shape index (κ3) is 3.61. The molecule has 1 N–H and O–H groups in total. The molecule has 16 heavy (non-hydrogen) atoms. The van der Waals surface area contributed by atoms with E-state index in [1.54, 1.807) is 19.1 Å². The van der Waals surface area contributed by atoms with Crippen LogP contribution in [0.5, 0.6) is 0 Å². The van der Waals surface area contributed by atoms with Crippen molar-refractivity contribution >= 4 is 18.0 Å². The smallest absolute Gasteiger partial charge is 0.323 e. The van der Waals surface area contributed by atoms with Gasteiger partial charge < -0.3 is 14.4 Å². The van der Waals surface area contributed by atoms with Crippen LogP contribution in [0.15, 0.2) is 22.6 Å². The Morgan fingerprint density at radius 3 is 2.69 bits per heavy atom. The molecule has 1 rings (SSSR count). The molecule has 0 unspecified atom stereocenters. The highest BCUT2D eigenvalue weighted by Crippen LogP contribution is 2.07. The molecule has 0 aliphatic heterocycles. The van der Waals surface area contributed by atoms with Crippen LogP contribution in [0.4, 0.5) is 0 Å². The van der Waals surface area contributed by atoms with E-state index in [0.717, 1.165) is 10.7 Å². The van der Waals surface area contributed by atoms with Crippen LogP contribution < -0.4 is 0 Å². The van der Waals surface area contributed by atoms with Crippen molar-refractivity contribution < 1.29 is 19.1 Å². The molecule has 0 fully saturated rings. The SMILES string of the molecule is Cc1ccc(/C=C/C(=O)N(C)CC(=O)O)o1. The summed E-state index contributed by atoms with van der Waals surface area (Å²) < 4.78 is 5.22. The van der Waals surface area contributed by atoms with Crippen LogP contribution >= 0.6 is 0 Å². The highest BCUT2D eigenvalue weighted by molar-refractivity contribution is 5.93. The Bertz CT molecular complexity index is 419. The van der Waals surface area contributed by atoms with Crippen LogP contribution in [-0.2, 0) is 9.59 Å². The summed E-state index contributed by atoms with van der Waals surface area (Å²) in [6.45, 7) is 1.48. The summed E-state index contributed by atoms with van der Waals surface area (Å²) in [6, 6.07) is 3.52. The number of hydrogen-bond donors (Lipinski definition) is 1. The highest BCUT2D eigenvalue weighted by Gasteiger charge is 2.08. The van der Waals surface area contributed by atoms with Gasteiger partial charge in [0.25, 0.3) is 0 Å². The molecule has 1 aromatic heterocycles. The molecule has 0 saturated heterocycles. The van der Waals surface area contributed by atoms with E-state index in [2.05, 4.69) is 0 Å². The number of furan rings is 1. The van der Waals surface area contributed by atoms with Crippen molar-refractivity contribution in [3.05, 3.63) is 29.7 Å². The maximum atomic E-state index is 11.4. The van der Waals surface area contributed by atoms with Gasteiger partial charge in [-0.2, -0.15) is 0 Å². The number of carboxylic acid groups (broad SMARTS) is 1. The monoisotopic (exact) mass is 223 g/mol. The van der Waals surface area contributed by atoms with Gasteiger partial charge in [-0.05, 0) is 25.1 Å². The van der Waals surface area contributed by atoms with Crippen molar-refractivity contribution in [2.24, 2.45) is 0 Å². The number of carbonyl (C=O) groups is 2. The molecular formula is C11H13NO4. The van der Waals surface area contributed by atoms with Crippen molar-refractivity contribution in [2.75, 3.05) is 13.6 Å². The minimum Gasteiger partial charge on any atom is -0.480 e. The number of aliphatic carboxylic acids is 1. The summed E-state index contributed by atoms with van der Waals surface area (Å²) in [5, 5.41) is 8.48. The van der Waals surface area contributed by atoms with Gasteiger partial charge >= 0.3 is 5.97 Å². The number of aryl methyl sites for hydroxylation is 1. The van der Waals surface area contributed by atoms with Gasteiger partial charge in [0.15, 0.2) is 0 Å². The van der Waals surface area contributed by atoms with Crippen LogP contribution in [0.1, 0.15) is 11.5 Å². The summed E-state index contributed by atoms with van der Waals surface area (Å²) in [4.78, 5) is 22.9. The minimum absolute atomic E-state index is 0.319. The first-order valence-electron chi connectivity index (χ1n) is 4.70. The predicted octanol–water partition coefficient (Wildman–Crippen LogP) is 1.14. The number of carbonyl (C=O) groups excluding carboxylic acids is 1. The van der Waals surface area contributed by atoms with Crippen LogP contribution in [0.3, 0.4) is 0 Å². The zero-order chi connectivity index (χ0) is 12.1. The fourth-order valence-corrected chi connectivity index (χ4v) is 1.10. The predicted molar refractivity (Wildman–Crippen MR) is 57.8 cm³/mol. The van der Waals surface area contributed by atoms with E-state index < -0.39 is 5.97 Å². The van der Waals surface area contributed by atoms with Gasteiger partial charge in [0.05, 0.1) is 0 Å². The minimum atomic E-state index is -1.04. The van der Waals surface area contributed by atoms with Gasteiger partial charge in [-0.15, -0.1) is 0 Å². The normalized spacial score (nSPS) is 10.6. The van der Waals surface area contributed by atoms with Crippen molar-refractivity contribution in [3.63, 3.8) is 0 Å². The second-order valence-electron chi connectivity index (χ2n) is 3.37. The number of carboxylic acids is 1. The van der Waals surface area contributed by atoms with E-state index in [-0.39, 0.29) is 12.5 Å². The molecule has 0 aliphatic carbocycles. The lowest BCUT2D eigenvalue weighted by molar-refractivity contribution is -0.141. The number of rotatable bonds is 4. The number of hydrogen-bond acceptors (Lipinski definition) is 3. The van der Waals surface area contributed by atoms with Crippen LogP contribution in [0.25, 0.3) is 6.08 Å². The number of amides is 1. The van der Waals surface area contributed by atoms with E-state index in [1.165, 1.54) is 19.2 Å². The maximum absolute atomic E-state index is 11.4. The first kappa shape index (κ1) is 12.0. The van der Waals surface area contributed by atoms with Gasteiger partial charge in [0.2, 0.25) is 5.91 Å². The first-order chi connectivity index (χ1) is 7.49. The zero-order valence-electron chi connectivity index (χ0n) is 9.14. The van der Waals surface area contributed by atoms with E-state index >= 15 is 0 Å². The van der Waals surface area contributed by atoms with Crippen LogP contribution in [0, 0.1) is 6.92 Å². The largest absolute Gasteiger partial charge is 0.480 e. The third-order valence-corrected chi connectivity index (χ3v) is 1.90. The molecule has 0 aromatic carbocycles. The number of likely N-dealkylation sites (N-methyl/N-ethyl adjacent to an activating group) is 1. The third-order valence-electron chi connectivity index (χ3n) is 1.90. The summed E-state index contributed by atoms with van der Waals surface area (Å²) in [5.41, 5.74) is 0. The fraction of sp³-hybridized carbons (Fsp3) is 0.273. The Balaban J connectivity index is 2.57. The first-order valence-corrected chi connectivity index (χ1v) is 4.70. The van der Waals surface area contributed by atoms with Crippen LogP contribution in [-0.4, -0.2) is 35.5 Å². The van der Waals surface area contributed by atoms with E-state index in [4.69, 9.17) is 9.52 Å². The molecule has 86 valence electrons. The summed E-state index contributed by atoms with van der Waals surface area (Å²) in [7, 11) is 1.42. The lowest BCUT2D eigenvalue weighted by Crippen LogP contribution is -2.30. The Kier molecular flexibility index (Phi) is 3.88. The number of nitrogens with zero attached hydrogens (tertiary/aromatic N) is 1. The van der Waals surface area contributed by atoms with Crippen molar-refractivity contribution in [2.45, 2.75) is 6.92 Å². The molecule has 0 aliphatic rings. The molecule has 0 saturated carbocycles. The lowest BCUT2D eigenvalue weighted by Gasteiger charge is -2.10. The average molecular weight is 223 g/mol. The zero-order valence-corrected chi connectivity index (χ0v) is 9.14. The molecule has 1 heterocycles. The molecule has 0 atom stereocenters. The van der Waals surface area contributed by atoms with Gasteiger partial charge in [0.1, 0.15) is 18.1 Å². The van der Waals surface area contributed by atoms with E-state index in [1.807, 2.05) is 0 Å². The fourth-order valence-electron chi connectivity index (χ4n) is 1.10. The average Bonchev–Trinajstić information content (AvgIpc) is 2.59. The molecule has 0 bridgehead atoms. The lowest BCUT2D eigenvalue weighted by atomic mass is 10.3. The maximum Gasteiger partial charge on any atom is 0.323 e. The molecule has 0 spiro atoms. The Morgan fingerprint density at radius 2 is 2.19 bits per heavy atom. The Hall–Kier alpha value is -2.04. The van der Waals surface area contributed by atoms with Crippen molar-refractivity contribution in [3.8, 4) is 0 Å². The van der Waals surface area contributed by atoms with Gasteiger partial charge in [-0.25, -0.2) is 0 Å². The quantitative estimate of drug-likeness (QED) is 0.777. The molecule has 1 aromatic rings. The van der Waals surface area contributed by atoms with Crippen molar-refractivity contribution in [1.82, 2.24) is 4.90 Å². The molecule has 1 amide bonds. The summed E-state index contributed by atoms with van der Waals surface area (Å²) in [6.07, 6.45) is 2.79. The topological polar surface area (TPSA) is 70.8 Å². The Labute approximate surface area is 93.0 Å². The van der Waals surface area contributed by atoms with Gasteiger partial charge in [-0.1, -0.05) is 0 Å². The molecule has 5 nitrogen and oxygen atoms in total. The van der Waals surface area contributed by atoms with Crippen molar-refractivity contribution in [1.29, 1.82) is 0 Å². The second kappa shape index (κ2) is 5.16. The van der Waals surface area contributed by atoms with E-state index in [0.29, 0.717) is 5.76 Å². The Morgan fingerprint density at radius 1 is 1.50 bits per heavy atom. The highest BCUT2D eigenvalue weighted by atomic mass is 16.4. The summed E-state index contributed by atoms with van der Waals surface area (Å²) in [5.74, 6) is -0.102. The van der Waals surface area contributed by atoms with E-state index in [9.17, 15) is 9.59 Å². The van der Waals surface area contributed by atoms with Gasteiger partial charge in [0, 0.05) is 13.1 Å². The summed E-state index contributed by atoms with van der Waals surface area (Å²) >= 11 is 0. The van der Waals surface area contributed by atoms with Crippen LogP contribution in [0.2, 0.25) is 0 Å². The standard InChI is InChI=1S/C11H13NO4/c1-8-3-4-9(16-8)5-6-10(13)12(2)7-11(14)15/h3-6H,7H2,1-2H3,(H,14,15)/b6-5+. The molecule has 5 heteroatoms. The molecule has 0 radical (unpaired) electrons. The molecular weight excluding hydrogens is 210 g/mol. The van der Waals surface area contributed by atoms with Gasteiger partial charge in [-0.3, -0.25) is 9.59 Å². The second-order valence-corrected chi connectivity index (χ2v) is 3.37.